The Balaban J connectivity index is 1.73. The molecular formula is C23H33N3O4. The molecule has 0 amide bonds. The molecule has 1 unspecified atom stereocenters. The molecule has 30 heavy (non-hydrogen) atoms. The Hall–Kier alpha value is -3.09. The van der Waals surface area contributed by atoms with Gasteiger partial charge in [-0.3, -0.25) is 4.99 Å². The molecule has 0 aliphatic carbocycles. The molecule has 0 spiro atoms. The monoisotopic (exact) mass is 415 g/mol. The van der Waals surface area contributed by atoms with Gasteiger partial charge in [-0.25, -0.2) is 0 Å². The lowest BCUT2D eigenvalue weighted by molar-refractivity contribution is 0.213. The number of benzene rings is 2. The van der Waals surface area contributed by atoms with Gasteiger partial charge in [0.05, 0.1) is 27.9 Å². The highest BCUT2D eigenvalue weighted by molar-refractivity contribution is 5.79. The first-order valence-electron chi connectivity index (χ1n) is 10.1. The van der Waals surface area contributed by atoms with Crippen LogP contribution in [0.5, 0.6) is 23.0 Å². The van der Waals surface area contributed by atoms with Crippen molar-refractivity contribution < 1.29 is 18.9 Å². The second-order valence-electron chi connectivity index (χ2n) is 6.75. The summed E-state index contributed by atoms with van der Waals surface area (Å²) >= 11 is 0. The van der Waals surface area contributed by atoms with E-state index in [4.69, 9.17) is 18.9 Å². The minimum atomic E-state index is -0.0494. The number of nitrogens with one attached hydrogen (secondary N) is 2. The lowest BCUT2D eigenvalue weighted by Crippen LogP contribution is -2.42. The highest BCUT2D eigenvalue weighted by Crippen LogP contribution is 2.28. The number of para-hydroxylation sites is 2. The van der Waals surface area contributed by atoms with Crippen molar-refractivity contribution in [2.24, 2.45) is 4.99 Å². The molecule has 0 heterocycles. The Bertz CT molecular complexity index is 811. The number of hydrogen-bond acceptors (Lipinski definition) is 5. The van der Waals surface area contributed by atoms with E-state index in [1.807, 2.05) is 43.3 Å². The van der Waals surface area contributed by atoms with Crippen LogP contribution in [-0.2, 0) is 6.42 Å². The van der Waals surface area contributed by atoms with E-state index < -0.39 is 0 Å². The number of rotatable bonds is 11. The van der Waals surface area contributed by atoms with Gasteiger partial charge in [0, 0.05) is 13.6 Å². The summed E-state index contributed by atoms with van der Waals surface area (Å²) in [5.74, 6) is 3.70. The van der Waals surface area contributed by atoms with Gasteiger partial charge in [0.15, 0.2) is 29.0 Å². The van der Waals surface area contributed by atoms with Crippen LogP contribution >= 0.6 is 0 Å². The summed E-state index contributed by atoms with van der Waals surface area (Å²) in [4.78, 5) is 4.27. The van der Waals surface area contributed by atoms with E-state index in [1.54, 1.807) is 28.4 Å². The molecule has 2 aromatic rings. The summed E-state index contributed by atoms with van der Waals surface area (Å²) in [6.07, 6.45) is 1.84. The van der Waals surface area contributed by atoms with Gasteiger partial charge < -0.3 is 29.6 Å². The van der Waals surface area contributed by atoms with E-state index in [1.165, 1.54) is 5.56 Å². The average Bonchev–Trinajstić information content (AvgIpc) is 2.78. The summed E-state index contributed by atoms with van der Waals surface area (Å²) in [5.41, 5.74) is 1.20. The zero-order valence-electron chi connectivity index (χ0n) is 18.5. The normalized spacial score (nSPS) is 12.1. The molecule has 2 N–H and O–H groups in total. The number of ether oxygens (including phenoxy) is 4. The third kappa shape index (κ3) is 7.06. The van der Waals surface area contributed by atoms with Crippen LogP contribution in [0.15, 0.2) is 47.5 Å². The van der Waals surface area contributed by atoms with E-state index in [9.17, 15) is 0 Å². The minimum absolute atomic E-state index is 0.0494. The van der Waals surface area contributed by atoms with Crippen molar-refractivity contribution in [1.82, 2.24) is 10.6 Å². The molecule has 0 bridgehead atoms. The summed E-state index contributed by atoms with van der Waals surface area (Å²) < 4.78 is 21.9. The van der Waals surface area contributed by atoms with Gasteiger partial charge in [-0.2, -0.15) is 0 Å². The van der Waals surface area contributed by atoms with E-state index in [0.717, 1.165) is 48.3 Å². The molecule has 0 radical (unpaired) electrons. The largest absolute Gasteiger partial charge is 0.493 e. The zero-order valence-corrected chi connectivity index (χ0v) is 18.5. The first-order valence-corrected chi connectivity index (χ1v) is 10.1. The van der Waals surface area contributed by atoms with E-state index in [0.29, 0.717) is 6.54 Å². The molecule has 0 saturated carbocycles. The fraction of sp³-hybridized carbons (Fsp3) is 0.435. The van der Waals surface area contributed by atoms with Crippen LogP contribution in [-0.4, -0.2) is 53.5 Å². The third-order valence-electron chi connectivity index (χ3n) is 4.56. The number of nitrogens with zero attached hydrogens (tertiary/aromatic N) is 1. The number of guanidine groups is 1. The molecule has 7 nitrogen and oxygen atoms in total. The van der Waals surface area contributed by atoms with Crippen LogP contribution in [0.3, 0.4) is 0 Å². The molecule has 1 atom stereocenters. The van der Waals surface area contributed by atoms with Crippen LogP contribution in [0.1, 0.15) is 18.9 Å². The Morgan fingerprint density at radius 3 is 2.23 bits per heavy atom. The predicted octanol–water partition coefficient (Wildman–Crippen LogP) is 3.28. The molecule has 0 aliphatic rings. The van der Waals surface area contributed by atoms with Crippen LogP contribution in [0.2, 0.25) is 0 Å². The second kappa shape index (κ2) is 12.5. The topological polar surface area (TPSA) is 73.3 Å². The van der Waals surface area contributed by atoms with Crippen molar-refractivity contribution >= 4 is 5.96 Å². The molecule has 0 aliphatic heterocycles. The molecule has 164 valence electrons. The van der Waals surface area contributed by atoms with Gasteiger partial charge in [-0.05, 0) is 49.6 Å². The molecular weight excluding hydrogens is 382 g/mol. The maximum atomic E-state index is 5.96. The van der Waals surface area contributed by atoms with Gasteiger partial charge in [0.2, 0.25) is 0 Å². The van der Waals surface area contributed by atoms with Gasteiger partial charge in [0.1, 0.15) is 6.10 Å². The molecule has 0 saturated heterocycles. The molecule has 0 aromatic heterocycles. The van der Waals surface area contributed by atoms with Crippen molar-refractivity contribution in [2.45, 2.75) is 25.9 Å². The summed E-state index contributed by atoms with van der Waals surface area (Å²) in [6, 6.07) is 13.6. The van der Waals surface area contributed by atoms with Crippen LogP contribution in [0.25, 0.3) is 0 Å². The minimum Gasteiger partial charge on any atom is -0.493 e. The number of aliphatic imine (C=N–C) groups is 1. The Morgan fingerprint density at radius 1 is 0.900 bits per heavy atom. The Labute approximate surface area is 179 Å². The fourth-order valence-corrected chi connectivity index (χ4v) is 2.97. The highest BCUT2D eigenvalue weighted by Gasteiger charge is 2.09. The summed E-state index contributed by atoms with van der Waals surface area (Å²) in [7, 11) is 6.69. The first kappa shape index (κ1) is 23.2. The number of methoxy groups -OCH3 is 3. The number of hydrogen-bond donors (Lipinski definition) is 2. The lowest BCUT2D eigenvalue weighted by Gasteiger charge is -2.19. The van der Waals surface area contributed by atoms with Gasteiger partial charge >= 0.3 is 0 Å². The van der Waals surface area contributed by atoms with E-state index >= 15 is 0 Å². The van der Waals surface area contributed by atoms with Crippen molar-refractivity contribution in [3.63, 3.8) is 0 Å². The Kier molecular flexibility index (Phi) is 9.64. The van der Waals surface area contributed by atoms with Crippen LogP contribution in [0.4, 0.5) is 0 Å². The van der Waals surface area contributed by atoms with Crippen molar-refractivity contribution in [3.05, 3.63) is 48.0 Å². The molecule has 2 rings (SSSR count). The SMILES string of the molecule is CN=C(NCCCc1ccc(OC)c(OC)c1)NCC(C)Oc1ccccc1OC. The molecule has 2 aromatic carbocycles. The summed E-state index contributed by atoms with van der Waals surface area (Å²) in [6.45, 7) is 3.42. The van der Waals surface area contributed by atoms with Crippen LogP contribution < -0.4 is 29.6 Å². The highest BCUT2D eigenvalue weighted by atomic mass is 16.5. The summed E-state index contributed by atoms with van der Waals surface area (Å²) in [5, 5.41) is 6.63. The maximum Gasteiger partial charge on any atom is 0.191 e. The quantitative estimate of drug-likeness (QED) is 0.333. The zero-order chi connectivity index (χ0) is 21.8. The van der Waals surface area contributed by atoms with E-state index in [-0.39, 0.29) is 6.10 Å². The van der Waals surface area contributed by atoms with Crippen molar-refractivity contribution in [1.29, 1.82) is 0 Å². The smallest absolute Gasteiger partial charge is 0.191 e. The van der Waals surface area contributed by atoms with Crippen molar-refractivity contribution in [3.8, 4) is 23.0 Å². The maximum absolute atomic E-state index is 5.96. The molecule has 7 heteroatoms. The predicted molar refractivity (Wildman–Crippen MR) is 120 cm³/mol. The molecule has 0 fully saturated rings. The van der Waals surface area contributed by atoms with E-state index in [2.05, 4.69) is 21.7 Å². The standard InChI is InChI=1S/C23H33N3O4/c1-17(30-21-11-7-6-10-19(21)27-3)16-26-23(24-2)25-14-8-9-18-12-13-20(28-4)22(15-18)29-5/h6-7,10-13,15,17H,8-9,14,16H2,1-5H3,(H2,24,25,26). The number of aryl methyl sites for hydroxylation is 1. The van der Waals surface area contributed by atoms with Crippen LogP contribution in [0, 0.1) is 0 Å². The lowest BCUT2D eigenvalue weighted by atomic mass is 10.1. The van der Waals surface area contributed by atoms with Gasteiger partial charge in [0.25, 0.3) is 0 Å². The first-order chi connectivity index (χ1) is 14.6. The van der Waals surface area contributed by atoms with Crippen molar-refractivity contribution in [2.75, 3.05) is 41.5 Å². The Morgan fingerprint density at radius 2 is 1.57 bits per heavy atom. The van der Waals surface area contributed by atoms with Gasteiger partial charge in [-0.1, -0.05) is 18.2 Å². The average molecular weight is 416 g/mol. The fourth-order valence-electron chi connectivity index (χ4n) is 2.97. The second-order valence-corrected chi connectivity index (χ2v) is 6.75. The van der Waals surface area contributed by atoms with Gasteiger partial charge in [-0.15, -0.1) is 0 Å². The third-order valence-corrected chi connectivity index (χ3v) is 4.56.